The molecule has 0 amide bonds. The highest BCUT2D eigenvalue weighted by atomic mass is 127. The number of sulfonamides is 1. The lowest BCUT2D eigenvalue weighted by Crippen LogP contribution is -2.16. The summed E-state index contributed by atoms with van der Waals surface area (Å²) in [5, 5.41) is 0. The Morgan fingerprint density at radius 3 is 2.35 bits per heavy atom. The van der Waals surface area contributed by atoms with Gasteiger partial charge in [0.25, 0.3) is 10.0 Å². The van der Waals surface area contributed by atoms with Crippen LogP contribution in [0.5, 0.6) is 0 Å². The van der Waals surface area contributed by atoms with Crippen molar-refractivity contribution in [3.8, 4) is 0 Å². The fourth-order valence-electron chi connectivity index (χ4n) is 1.79. The van der Waals surface area contributed by atoms with E-state index in [4.69, 9.17) is 5.73 Å². The molecule has 0 unspecified atom stereocenters. The molecule has 6 heteroatoms. The number of halogens is 1. The molecule has 3 N–H and O–H groups in total. The molecule has 0 fully saturated rings. The van der Waals surface area contributed by atoms with E-state index in [1.165, 1.54) is 0 Å². The van der Waals surface area contributed by atoms with Crippen molar-refractivity contribution in [1.29, 1.82) is 0 Å². The minimum atomic E-state index is -3.69. The molecule has 0 aliphatic heterocycles. The molecule has 0 aliphatic rings. The van der Waals surface area contributed by atoms with Crippen LogP contribution in [0.4, 0.5) is 11.4 Å². The van der Waals surface area contributed by atoms with E-state index in [-0.39, 0.29) is 10.6 Å². The third-order valence-electron chi connectivity index (χ3n) is 3.03. The van der Waals surface area contributed by atoms with Gasteiger partial charge in [0.1, 0.15) is 4.90 Å². The molecule has 2 aromatic carbocycles. The number of nitrogens with two attached hydrogens (primary N) is 1. The van der Waals surface area contributed by atoms with E-state index in [1.54, 1.807) is 24.3 Å². The molecule has 0 aromatic heterocycles. The third-order valence-corrected chi connectivity index (χ3v) is 5.40. The van der Waals surface area contributed by atoms with Gasteiger partial charge in [0, 0.05) is 3.57 Å². The maximum Gasteiger partial charge on any atom is 0.263 e. The van der Waals surface area contributed by atoms with Crippen LogP contribution in [-0.2, 0) is 10.0 Å². The Morgan fingerprint density at radius 2 is 1.70 bits per heavy atom. The lowest BCUT2D eigenvalue weighted by Gasteiger charge is -2.13. The first kappa shape index (κ1) is 15.1. The molecule has 20 heavy (non-hydrogen) atoms. The van der Waals surface area contributed by atoms with E-state index in [2.05, 4.69) is 27.3 Å². The SMILES string of the molecule is Cc1cc(N)c(S(=O)(=O)Nc2ccccc2I)cc1C. The largest absolute Gasteiger partial charge is 0.398 e. The second-order valence-corrected chi connectivity index (χ2v) is 7.37. The van der Waals surface area contributed by atoms with E-state index < -0.39 is 10.0 Å². The number of anilines is 2. The number of rotatable bonds is 3. The van der Waals surface area contributed by atoms with Crippen molar-refractivity contribution >= 4 is 44.0 Å². The summed E-state index contributed by atoms with van der Waals surface area (Å²) in [7, 11) is -3.69. The number of benzene rings is 2. The zero-order valence-electron chi connectivity index (χ0n) is 11.1. The third kappa shape index (κ3) is 3.06. The monoisotopic (exact) mass is 402 g/mol. The number of hydrogen-bond acceptors (Lipinski definition) is 3. The molecule has 0 bridgehead atoms. The van der Waals surface area contributed by atoms with Crippen molar-refractivity contribution in [2.24, 2.45) is 0 Å². The Morgan fingerprint density at radius 1 is 1.10 bits per heavy atom. The molecule has 0 atom stereocenters. The number of para-hydroxylation sites is 1. The quantitative estimate of drug-likeness (QED) is 0.612. The number of aryl methyl sites for hydroxylation is 2. The lowest BCUT2D eigenvalue weighted by atomic mass is 10.1. The smallest absolute Gasteiger partial charge is 0.263 e. The predicted molar refractivity (Wildman–Crippen MR) is 90.3 cm³/mol. The van der Waals surface area contributed by atoms with Gasteiger partial charge in [-0.2, -0.15) is 0 Å². The second kappa shape index (κ2) is 5.61. The topological polar surface area (TPSA) is 72.2 Å². The van der Waals surface area contributed by atoms with Gasteiger partial charge < -0.3 is 5.73 Å². The van der Waals surface area contributed by atoms with Crippen LogP contribution in [-0.4, -0.2) is 8.42 Å². The van der Waals surface area contributed by atoms with Crippen LogP contribution < -0.4 is 10.5 Å². The highest BCUT2D eigenvalue weighted by molar-refractivity contribution is 14.1. The summed E-state index contributed by atoms with van der Waals surface area (Å²) in [6, 6.07) is 10.5. The zero-order valence-corrected chi connectivity index (χ0v) is 14.1. The van der Waals surface area contributed by atoms with Gasteiger partial charge in [-0.3, -0.25) is 4.72 Å². The summed E-state index contributed by atoms with van der Waals surface area (Å²) in [6.45, 7) is 3.76. The van der Waals surface area contributed by atoms with Crippen molar-refractivity contribution in [1.82, 2.24) is 0 Å². The van der Waals surface area contributed by atoms with Crippen molar-refractivity contribution in [2.45, 2.75) is 18.7 Å². The van der Waals surface area contributed by atoms with Gasteiger partial charge in [-0.05, 0) is 71.8 Å². The Kier molecular flexibility index (Phi) is 4.24. The summed E-state index contributed by atoms with van der Waals surface area (Å²) in [6.07, 6.45) is 0. The Hall–Kier alpha value is -1.28. The summed E-state index contributed by atoms with van der Waals surface area (Å²) in [5.74, 6) is 0. The molecule has 0 saturated heterocycles. The van der Waals surface area contributed by atoms with E-state index in [9.17, 15) is 8.42 Å². The normalized spacial score (nSPS) is 11.3. The average molecular weight is 402 g/mol. The predicted octanol–water partition coefficient (Wildman–Crippen LogP) is 3.29. The second-order valence-electron chi connectivity index (χ2n) is 4.56. The van der Waals surface area contributed by atoms with Crippen LogP contribution in [0.1, 0.15) is 11.1 Å². The maximum atomic E-state index is 12.4. The van der Waals surface area contributed by atoms with Crippen molar-refractivity contribution < 1.29 is 8.42 Å². The van der Waals surface area contributed by atoms with Gasteiger partial charge in [-0.1, -0.05) is 12.1 Å². The molecule has 4 nitrogen and oxygen atoms in total. The standard InChI is InChI=1S/C14H15IN2O2S/c1-9-7-12(16)14(8-10(9)2)20(18,19)17-13-6-4-3-5-11(13)15/h3-8,17H,16H2,1-2H3. The summed E-state index contributed by atoms with van der Waals surface area (Å²) < 4.78 is 28.3. The van der Waals surface area contributed by atoms with Crippen molar-refractivity contribution in [3.05, 3.63) is 51.1 Å². The van der Waals surface area contributed by atoms with E-state index in [0.29, 0.717) is 5.69 Å². The molecule has 106 valence electrons. The van der Waals surface area contributed by atoms with Gasteiger partial charge in [0.2, 0.25) is 0 Å². The first-order valence-corrected chi connectivity index (χ1v) is 8.51. The zero-order chi connectivity index (χ0) is 14.9. The fraction of sp³-hybridized carbons (Fsp3) is 0.143. The van der Waals surface area contributed by atoms with E-state index in [1.807, 2.05) is 26.0 Å². The van der Waals surface area contributed by atoms with Gasteiger partial charge in [-0.25, -0.2) is 8.42 Å². The first-order valence-electron chi connectivity index (χ1n) is 5.95. The van der Waals surface area contributed by atoms with Gasteiger partial charge in [0.05, 0.1) is 11.4 Å². The molecular formula is C14H15IN2O2S. The van der Waals surface area contributed by atoms with Crippen LogP contribution in [0.3, 0.4) is 0 Å². The number of nitrogen functional groups attached to an aromatic ring is 1. The Balaban J connectivity index is 2.47. The fourth-order valence-corrected chi connectivity index (χ4v) is 3.77. The summed E-state index contributed by atoms with van der Waals surface area (Å²) in [4.78, 5) is 0.111. The van der Waals surface area contributed by atoms with Gasteiger partial charge >= 0.3 is 0 Å². The molecule has 0 heterocycles. The Bertz CT molecular complexity index is 758. The highest BCUT2D eigenvalue weighted by Crippen LogP contribution is 2.26. The van der Waals surface area contributed by atoms with Crippen LogP contribution in [0.25, 0.3) is 0 Å². The van der Waals surface area contributed by atoms with Crippen LogP contribution in [0, 0.1) is 17.4 Å². The molecule has 0 radical (unpaired) electrons. The first-order chi connectivity index (χ1) is 9.31. The summed E-state index contributed by atoms with van der Waals surface area (Å²) >= 11 is 2.08. The van der Waals surface area contributed by atoms with Gasteiger partial charge in [0.15, 0.2) is 0 Å². The van der Waals surface area contributed by atoms with Gasteiger partial charge in [-0.15, -0.1) is 0 Å². The molecular weight excluding hydrogens is 387 g/mol. The van der Waals surface area contributed by atoms with Crippen molar-refractivity contribution in [3.63, 3.8) is 0 Å². The molecule has 2 rings (SSSR count). The van der Waals surface area contributed by atoms with E-state index >= 15 is 0 Å². The van der Waals surface area contributed by atoms with E-state index in [0.717, 1.165) is 14.7 Å². The van der Waals surface area contributed by atoms with Crippen LogP contribution in [0.2, 0.25) is 0 Å². The summed E-state index contributed by atoms with van der Waals surface area (Å²) in [5.41, 5.74) is 8.51. The average Bonchev–Trinajstić information content (AvgIpc) is 2.36. The molecule has 0 saturated carbocycles. The van der Waals surface area contributed by atoms with Crippen LogP contribution >= 0.6 is 22.6 Å². The minimum absolute atomic E-state index is 0.111. The minimum Gasteiger partial charge on any atom is -0.398 e. The lowest BCUT2D eigenvalue weighted by molar-refractivity contribution is 0.601. The van der Waals surface area contributed by atoms with Crippen molar-refractivity contribution in [2.75, 3.05) is 10.5 Å². The molecule has 0 spiro atoms. The molecule has 0 aliphatic carbocycles. The number of nitrogens with one attached hydrogen (secondary N) is 1. The highest BCUT2D eigenvalue weighted by Gasteiger charge is 2.19. The Labute approximate surface area is 132 Å². The molecule has 2 aromatic rings. The maximum absolute atomic E-state index is 12.4. The van der Waals surface area contributed by atoms with Crippen LogP contribution in [0.15, 0.2) is 41.3 Å². The number of hydrogen-bond donors (Lipinski definition) is 2.